The summed E-state index contributed by atoms with van der Waals surface area (Å²) in [5.74, 6) is 0. The molecule has 0 saturated heterocycles. The average molecular weight is 408 g/mol. The van der Waals surface area contributed by atoms with Gasteiger partial charge in [-0.3, -0.25) is 0 Å². The van der Waals surface area contributed by atoms with Gasteiger partial charge in [-0.1, -0.05) is 11.8 Å². The van der Waals surface area contributed by atoms with Crippen LogP contribution in [-0.2, 0) is 0 Å². The molecule has 0 aromatic carbocycles. The largest absolute Gasteiger partial charge is 0.192 e. The first-order chi connectivity index (χ1) is 8.17. The Morgan fingerprint density at radius 1 is 0.941 bits per heavy atom. The second-order valence-corrected chi connectivity index (χ2v) is 7.18. The number of rotatable bonds is 2. The van der Waals surface area contributed by atoms with Crippen LogP contribution in [0, 0.1) is 22.7 Å². The van der Waals surface area contributed by atoms with Gasteiger partial charge in [0.1, 0.15) is 40.9 Å². The third-order valence-corrected chi connectivity index (χ3v) is 6.28. The monoisotopic (exact) mass is 406 g/mol. The summed E-state index contributed by atoms with van der Waals surface area (Å²) in [6, 6.07) is 4.16. The highest BCUT2D eigenvalue weighted by Crippen LogP contribution is 2.41. The first kappa shape index (κ1) is 13.0. The Kier molecular flexibility index (Phi) is 4.17. The van der Waals surface area contributed by atoms with Crippen molar-refractivity contribution in [2.45, 2.75) is 8.42 Å². The van der Waals surface area contributed by atoms with Gasteiger partial charge in [-0.05, 0) is 54.9 Å². The maximum atomic E-state index is 8.98. The Morgan fingerprint density at radius 2 is 1.35 bits per heavy atom. The lowest BCUT2D eigenvalue weighted by Crippen LogP contribution is -1.76. The van der Waals surface area contributed by atoms with Crippen LogP contribution in [0.2, 0.25) is 0 Å². The van der Waals surface area contributed by atoms with Crippen LogP contribution >= 0.6 is 66.7 Å². The lowest BCUT2D eigenvalue weighted by molar-refractivity contribution is 1.38. The van der Waals surface area contributed by atoms with E-state index < -0.39 is 0 Å². The van der Waals surface area contributed by atoms with Crippen LogP contribution < -0.4 is 0 Å². The number of aromatic nitrogens is 2. The Labute approximate surface area is 126 Å². The highest BCUT2D eigenvalue weighted by Gasteiger charge is 2.18. The van der Waals surface area contributed by atoms with Gasteiger partial charge >= 0.3 is 0 Å². The molecular weight excluding hydrogens is 408 g/mol. The summed E-state index contributed by atoms with van der Waals surface area (Å²) in [6.07, 6.45) is 0. The highest BCUT2D eigenvalue weighted by molar-refractivity contribution is 9.10. The van der Waals surface area contributed by atoms with Crippen molar-refractivity contribution < 1.29 is 0 Å². The molecule has 0 aliphatic heterocycles. The maximum Gasteiger partial charge on any atom is 0.138 e. The van der Waals surface area contributed by atoms with Crippen LogP contribution in [0.1, 0.15) is 11.1 Å². The normalized spacial score (nSPS) is 9.88. The van der Waals surface area contributed by atoms with E-state index in [0.29, 0.717) is 20.3 Å². The zero-order valence-electron chi connectivity index (χ0n) is 7.77. The fourth-order valence-electron chi connectivity index (χ4n) is 0.921. The molecule has 2 rings (SSSR count). The van der Waals surface area contributed by atoms with Crippen LogP contribution in [-0.4, -0.2) is 8.75 Å². The number of nitrogens with zero attached hydrogens (tertiary/aromatic N) is 4. The SMILES string of the molecule is N#Cc1c(Br)nsc1Sc1snc(Br)c1C#N. The molecule has 0 aliphatic carbocycles. The molecule has 0 aliphatic rings. The molecule has 4 nitrogen and oxygen atoms in total. The minimum Gasteiger partial charge on any atom is -0.192 e. The molecule has 0 radical (unpaired) electrons. The molecule has 0 bridgehead atoms. The lowest BCUT2D eigenvalue weighted by atomic mass is 10.4. The highest BCUT2D eigenvalue weighted by atomic mass is 79.9. The van der Waals surface area contributed by atoms with Gasteiger partial charge in [-0.15, -0.1) is 0 Å². The number of hydrogen-bond acceptors (Lipinski definition) is 7. The molecule has 2 aromatic heterocycles. The number of nitriles is 2. The van der Waals surface area contributed by atoms with Crippen molar-refractivity contribution in [1.29, 1.82) is 10.5 Å². The molecule has 2 aromatic rings. The summed E-state index contributed by atoms with van der Waals surface area (Å²) in [6.45, 7) is 0. The molecular formula is C8Br2N4S3. The van der Waals surface area contributed by atoms with E-state index in [1.165, 1.54) is 34.8 Å². The predicted octanol–water partition coefficient (Wildman–Crippen LogP) is 4.02. The molecule has 17 heavy (non-hydrogen) atoms. The Hall–Kier alpha value is -0.450. The fraction of sp³-hybridized carbons (Fsp3) is 0. The number of halogens is 2. The van der Waals surface area contributed by atoms with Crippen molar-refractivity contribution in [2.75, 3.05) is 0 Å². The van der Waals surface area contributed by atoms with Gasteiger partial charge < -0.3 is 0 Å². The van der Waals surface area contributed by atoms with E-state index in [1.54, 1.807) is 0 Å². The summed E-state index contributed by atoms with van der Waals surface area (Å²) >= 11 is 10.2. The topological polar surface area (TPSA) is 73.4 Å². The van der Waals surface area contributed by atoms with E-state index in [0.717, 1.165) is 8.42 Å². The van der Waals surface area contributed by atoms with Crippen LogP contribution in [0.25, 0.3) is 0 Å². The van der Waals surface area contributed by atoms with Crippen LogP contribution in [0.15, 0.2) is 17.6 Å². The average Bonchev–Trinajstić information content (AvgIpc) is 2.83. The third-order valence-electron chi connectivity index (χ3n) is 1.65. The van der Waals surface area contributed by atoms with Gasteiger partial charge in [-0.2, -0.15) is 19.3 Å². The molecule has 0 saturated carbocycles. The van der Waals surface area contributed by atoms with Gasteiger partial charge in [0.2, 0.25) is 0 Å². The molecule has 0 unspecified atom stereocenters. The van der Waals surface area contributed by atoms with Gasteiger partial charge in [0.05, 0.1) is 0 Å². The molecule has 0 amide bonds. The van der Waals surface area contributed by atoms with E-state index in [4.69, 9.17) is 10.5 Å². The van der Waals surface area contributed by atoms with Gasteiger partial charge in [0, 0.05) is 0 Å². The zero-order chi connectivity index (χ0) is 12.4. The minimum atomic E-state index is 0.494. The Morgan fingerprint density at radius 3 is 1.71 bits per heavy atom. The van der Waals surface area contributed by atoms with Crippen LogP contribution in [0.5, 0.6) is 0 Å². The summed E-state index contributed by atoms with van der Waals surface area (Å²) in [5, 5.41) is 18.0. The third kappa shape index (κ3) is 2.54. The minimum absolute atomic E-state index is 0.494. The lowest BCUT2D eigenvalue weighted by Gasteiger charge is -1.93. The van der Waals surface area contributed by atoms with Crippen LogP contribution in [0.3, 0.4) is 0 Å². The van der Waals surface area contributed by atoms with E-state index in [2.05, 4.69) is 52.7 Å². The van der Waals surface area contributed by atoms with E-state index in [1.807, 2.05) is 0 Å². The maximum absolute atomic E-state index is 8.98. The van der Waals surface area contributed by atoms with E-state index >= 15 is 0 Å². The van der Waals surface area contributed by atoms with Crippen molar-refractivity contribution in [3.63, 3.8) is 0 Å². The molecule has 0 N–H and O–H groups in total. The van der Waals surface area contributed by atoms with Crippen molar-refractivity contribution >= 4 is 66.7 Å². The first-order valence-corrected chi connectivity index (χ1v) is 7.90. The molecule has 2 heterocycles. The molecule has 0 fully saturated rings. The summed E-state index contributed by atoms with van der Waals surface area (Å²) in [5.41, 5.74) is 0.988. The standard InChI is InChI=1S/C8Br2N4S3/c9-5-3(1-11)7(16-13-5)15-8-4(2-12)6(10)14-17-8. The van der Waals surface area contributed by atoms with E-state index in [-0.39, 0.29) is 0 Å². The van der Waals surface area contributed by atoms with Gasteiger partial charge in [0.15, 0.2) is 0 Å². The van der Waals surface area contributed by atoms with Crippen molar-refractivity contribution in [1.82, 2.24) is 8.75 Å². The Bertz CT molecular complexity index is 593. The molecule has 0 spiro atoms. The fourth-order valence-corrected chi connectivity index (χ4v) is 5.27. The summed E-state index contributed by atoms with van der Waals surface area (Å²) < 4.78 is 10.7. The summed E-state index contributed by atoms with van der Waals surface area (Å²) in [4.78, 5) is 0. The summed E-state index contributed by atoms with van der Waals surface area (Å²) in [7, 11) is 0. The van der Waals surface area contributed by atoms with Gasteiger partial charge in [-0.25, -0.2) is 0 Å². The Balaban J connectivity index is 2.39. The van der Waals surface area contributed by atoms with Gasteiger partial charge in [0.25, 0.3) is 0 Å². The van der Waals surface area contributed by atoms with Crippen molar-refractivity contribution in [3.8, 4) is 12.1 Å². The van der Waals surface area contributed by atoms with Crippen molar-refractivity contribution in [3.05, 3.63) is 20.3 Å². The van der Waals surface area contributed by atoms with E-state index in [9.17, 15) is 0 Å². The molecule has 84 valence electrons. The number of hydrogen-bond donors (Lipinski definition) is 0. The molecule has 0 atom stereocenters. The predicted molar refractivity (Wildman–Crippen MR) is 73.2 cm³/mol. The second-order valence-electron chi connectivity index (χ2n) is 2.60. The smallest absolute Gasteiger partial charge is 0.138 e. The zero-order valence-corrected chi connectivity index (χ0v) is 13.4. The quantitative estimate of drug-likeness (QED) is 0.751. The molecule has 9 heteroatoms. The second kappa shape index (κ2) is 5.46. The first-order valence-electron chi connectivity index (χ1n) is 3.95. The van der Waals surface area contributed by atoms with Crippen molar-refractivity contribution in [2.24, 2.45) is 0 Å². The van der Waals surface area contributed by atoms with Crippen LogP contribution in [0.4, 0.5) is 0 Å².